The quantitative estimate of drug-likeness (QED) is 0.772. The van der Waals surface area contributed by atoms with Crippen molar-refractivity contribution >= 4 is 17.6 Å². The molecule has 2 saturated heterocycles. The molecule has 2 aliphatic heterocycles. The summed E-state index contributed by atoms with van der Waals surface area (Å²) in [6.45, 7) is 4.05. The normalized spacial score (nSPS) is 46.2. The summed E-state index contributed by atoms with van der Waals surface area (Å²) in [6.07, 6.45) is 2.72. The maximum atomic E-state index is 13.0. The number of halogens is 1. The third-order valence-corrected chi connectivity index (χ3v) is 7.35. The van der Waals surface area contributed by atoms with E-state index < -0.39 is 23.6 Å². The van der Waals surface area contributed by atoms with E-state index in [9.17, 15) is 9.90 Å². The summed E-state index contributed by atoms with van der Waals surface area (Å²) in [6, 6.07) is 6.76. The van der Waals surface area contributed by atoms with Gasteiger partial charge in [-0.25, -0.2) is 4.79 Å². The predicted octanol–water partition coefficient (Wildman–Crippen LogP) is 3.77. The zero-order chi connectivity index (χ0) is 19.0. The van der Waals surface area contributed by atoms with Gasteiger partial charge in [0.25, 0.3) is 0 Å². The molecule has 1 aromatic rings. The smallest absolute Gasteiger partial charge is 0.340 e. The molecule has 146 valence electrons. The second kappa shape index (κ2) is 5.93. The third-order valence-electron chi connectivity index (χ3n) is 7.11. The number of carbonyl (C=O) groups is 1. The lowest BCUT2D eigenvalue weighted by atomic mass is 9.72. The van der Waals surface area contributed by atoms with Gasteiger partial charge in [0, 0.05) is 23.3 Å². The lowest BCUT2D eigenvalue weighted by Crippen LogP contribution is -2.50. The van der Waals surface area contributed by atoms with Crippen LogP contribution in [-0.2, 0) is 14.2 Å². The molecule has 6 heteroatoms. The highest BCUT2D eigenvalue weighted by Gasteiger charge is 2.80. The first-order valence-electron chi connectivity index (χ1n) is 9.93. The largest absolute Gasteiger partial charge is 0.429 e. The van der Waals surface area contributed by atoms with E-state index in [4.69, 9.17) is 25.8 Å². The first kappa shape index (κ1) is 17.9. The van der Waals surface area contributed by atoms with Crippen molar-refractivity contribution in [1.82, 2.24) is 0 Å². The minimum absolute atomic E-state index is 0.0315. The van der Waals surface area contributed by atoms with Crippen LogP contribution in [-0.4, -0.2) is 34.9 Å². The topological polar surface area (TPSA) is 65.0 Å². The summed E-state index contributed by atoms with van der Waals surface area (Å²) < 4.78 is 18.8. The molecule has 8 atom stereocenters. The van der Waals surface area contributed by atoms with Crippen LogP contribution < -0.4 is 0 Å². The molecule has 2 bridgehead atoms. The summed E-state index contributed by atoms with van der Waals surface area (Å²) in [5, 5.41) is 11.2. The third kappa shape index (κ3) is 2.38. The van der Waals surface area contributed by atoms with Crippen LogP contribution in [0.4, 0.5) is 0 Å². The first-order valence-corrected chi connectivity index (χ1v) is 10.3. The molecular weight excluding hydrogens is 368 g/mol. The molecule has 2 heterocycles. The molecule has 0 aromatic heterocycles. The van der Waals surface area contributed by atoms with Crippen LogP contribution in [0.2, 0.25) is 5.02 Å². The van der Waals surface area contributed by atoms with Crippen molar-refractivity contribution in [2.45, 2.75) is 63.3 Å². The van der Waals surface area contributed by atoms with Crippen LogP contribution in [0.5, 0.6) is 0 Å². The Morgan fingerprint density at radius 2 is 2.19 bits per heavy atom. The van der Waals surface area contributed by atoms with E-state index in [0.717, 1.165) is 19.3 Å². The lowest BCUT2D eigenvalue weighted by molar-refractivity contribution is -0.324. The van der Waals surface area contributed by atoms with E-state index in [1.54, 1.807) is 24.3 Å². The molecule has 4 aliphatic rings. The number of unbranched alkanes of at least 4 members (excludes halogenated alkanes) is 1. The average Bonchev–Trinajstić information content (AvgIpc) is 3.29. The fraction of sp³-hybridized carbons (Fsp3) is 0.667. The van der Waals surface area contributed by atoms with Crippen LogP contribution >= 0.6 is 11.6 Å². The molecule has 5 nitrogen and oxygen atoms in total. The van der Waals surface area contributed by atoms with Crippen molar-refractivity contribution in [2.75, 3.05) is 0 Å². The summed E-state index contributed by atoms with van der Waals surface area (Å²) in [5.74, 6) is -1.82. The number of ether oxygens (including phenoxy) is 3. The van der Waals surface area contributed by atoms with Gasteiger partial charge in [-0.05, 0) is 49.8 Å². The van der Waals surface area contributed by atoms with Gasteiger partial charge in [-0.1, -0.05) is 31.0 Å². The lowest BCUT2D eigenvalue weighted by Gasteiger charge is -2.41. The SMILES string of the molecule is CCCC[C@]1(OC(=O)c2cccc(Cl)c2)O[C@]2(C)O[C@@H]3[C@@H](O)[C@H]4C[C@@H]3[C@@H]2[C@@H]41. The number of rotatable bonds is 5. The summed E-state index contributed by atoms with van der Waals surface area (Å²) in [5.41, 5.74) is 0.409. The number of aliphatic hydroxyl groups excluding tert-OH is 1. The van der Waals surface area contributed by atoms with Gasteiger partial charge in [0.1, 0.15) is 0 Å². The van der Waals surface area contributed by atoms with Gasteiger partial charge >= 0.3 is 5.97 Å². The van der Waals surface area contributed by atoms with E-state index in [1.807, 2.05) is 6.92 Å². The summed E-state index contributed by atoms with van der Waals surface area (Å²) in [4.78, 5) is 13.0. The minimum atomic E-state index is -1.05. The Kier molecular flexibility index (Phi) is 3.94. The van der Waals surface area contributed by atoms with E-state index >= 15 is 0 Å². The second-order valence-corrected chi connectivity index (χ2v) is 9.06. The standard InChI is InChI=1S/C21H25ClO5/c1-3-4-8-21(26-19(24)11-6-5-7-12(22)9-11)16-13-10-14-15(16)20(2,27-21)25-18(14)17(13)23/h5-7,9,13-18,23H,3-4,8,10H2,1-2H3/t13-,14+,15+,16+,17-,18-,20-,21-/m0/s1. The van der Waals surface area contributed by atoms with Gasteiger partial charge in [-0.2, -0.15) is 0 Å². The molecule has 2 aliphatic carbocycles. The first-order chi connectivity index (χ1) is 12.9. The van der Waals surface area contributed by atoms with E-state index in [-0.39, 0.29) is 29.8 Å². The van der Waals surface area contributed by atoms with Gasteiger partial charge < -0.3 is 19.3 Å². The molecule has 0 radical (unpaired) electrons. The fourth-order valence-electron chi connectivity index (χ4n) is 6.26. The molecule has 1 aromatic carbocycles. The molecular formula is C21H25ClO5. The van der Waals surface area contributed by atoms with Gasteiger partial charge in [-0.15, -0.1) is 0 Å². The highest BCUT2D eigenvalue weighted by molar-refractivity contribution is 6.30. The van der Waals surface area contributed by atoms with Crippen LogP contribution in [0.15, 0.2) is 24.3 Å². The average molecular weight is 393 g/mol. The number of hydrogen-bond donors (Lipinski definition) is 1. The van der Waals surface area contributed by atoms with Crippen molar-refractivity contribution in [2.24, 2.45) is 23.7 Å². The Morgan fingerprint density at radius 3 is 2.93 bits per heavy atom. The molecule has 1 N–H and O–H groups in total. The van der Waals surface area contributed by atoms with Crippen molar-refractivity contribution in [3.8, 4) is 0 Å². The molecule has 5 rings (SSSR count). The van der Waals surface area contributed by atoms with Crippen molar-refractivity contribution < 1.29 is 24.1 Å². The van der Waals surface area contributed by atoms with Crippen molar-refractivity contribution in [1.29, 1.82) is 0 Å². The molecule has 0 spiro atoms. The predicted molar refractivity (Wildman–Crippen MR) is 98.1 cm³/mol. The highest BCUT2D eigenvalue weighted by atomic mass is 35.5. The molecule has 27 heavy (non-hydrogen) atoms. The van der Waals surface area contributed by atoms with Gasteiger partial charge in [-0.3, -0.25) is 0 Å². The van der Waals surface area contributed by atoms with E-state index in [0.29, 0.717) is 17.0 Å². The maximum absolute atomic E-state index is 13.0. The summed E-state index contributed by atoms with van der Waals surface area (Å²) in [7, 11) is 0. The number of hydrogen-bond acceptors (Lipinski definition) is 5. The molecule has 2 saturated carbocycles. The number of carbonyl (C=O) groups excluding carboxylic acids is 1. The van der Waals surface area contributed by atoms with Crippen LogP contribution in [0, 0.1) is 23.7 Å². The zero-order valence-electron chi connectivity index (χ0n) is 15.6. The van der Waals surface area contributed by atoms with Gasteiger partial charge in [0.15, 0.2) is 5.79 Å². The molecule has 0 amide bonds. The minimum Gasteiger partial charge on any atom is -0.429 e. The second-order valence-electron chi connectivity index (χ2n) is 8.62. The van der Waals surface area contributed by atoms with Gasteiger partial charge in [0.05, 0.1) is 17.8 Å². The number of benzene rings is 1. The Balaban J connectivity index is 1.51. The van der Waals surface area contributed by atoms with Crippen LogP contribution in [0.25, 0.3) is 0 Å². The maximum Gasteiger partial charge on any atom is 0.340 e. The fourth-order valence-corrected chi connectivity index (χ4v) is 6.45. The monoisotopic (exact) mass is 392 g/mol. The van der Waals surface area contributed by atoms with Crippen LogP contribution in [0.1, 0.15) is 49.9 Å². The Morgan fingerprint density at radius 1 is 1.37 bits per heavy atom. The number of esters is 1. The van der Waals surface area contributed by atoms with E-state index in [2.05, 4.69) is 6.92 Å². The Bertz CT molecular complexity index is 784. The van der Waals surface area contributed by atoms with Gasteiger partial charge in [0.2, 0.25) is 5.79 Å². The Hall–Kier alpha value is -1.14. The highest BCUT2D eigenvalue weighted by Crippen LogP contribution is 2.71. The number of aliphatic hydroxyl groups is 1. The Labute approximate surface area is 163 Å². The molecule has 4 fully saturated rings. The van der Waals surface area contributed by atoms with Crippen LogP contribution in [0.3, 0.4) is 0 Å². The zero-order valence-corrected chi connectivity index (χ0v) is 16.3. The summed E-state index contributed by atoms with van der Waals surface area (Å²) >= 11 is 6.04. The van der Waals surface area contributed by atoms with E-state index in [1.165, 1.54) is 0 Å². The molecule has 0 unspecified atom stereocenters. The van der Waals surface area contributed by atoms with Crippen molar-refractivity contribution in [3.05, 3.63) is 34.9 Å². The van der Waals surface area contributed by atoms with Crippen molar-refractivity contribution in [3.63, 3.8) is 0 Å². The number of fused-ring (bicyclic) bond motifs is 2.